The van der Waals surface area contributed by atoms with Crippen LogP contribution in [-0.4, -0.2) is 49.4 Å². The van der Waals surface area contributed by atoms with E-state index in [0.717, 1.165) is 49.9 Å². The van der Waals surface area contributed by atoms with Crippen molar-refractivity contribution in [3.8, 4) is 0 Å². The average Bonchev–Trinajstić information content (AvgIpc) is 2.40. The van der Waals surface area contributed by atoms with Crippen molar-refractivity contribution in [1.82, 2.24) is 9.88 Å². The molecule has 1 atom stereocenters. The quantitative estimate of drug-likeness (QED) is 0.819. The summed E-state index contributed by atoms with van der Waals surface area (Å²) < 4.78 is 10.8. The topological polar surface area (TPSA) is 34.6 Å². The third kappa shape index (κ3) is 3.92. The molecule has 0 unspecified atom stereocenters. The minimum absolute atomic E-state index is 0.263. The Morgan fingerprint density at radius 1 is 1.61 bits per heavy atom. The molecule has 100 valence electrons. The molecule has 0 bridgehead atoms. The van der Waals surface area contributed by atoms with Crippen LogP contribution in [0.2, 0.25) is 5.02 Å². The molecule has 1 aromatic rings. The smallest absolute Gasteiger partial charge is 0.0724 e. The Bertz CT molecular complexity index is 376. The van der Waals surface area contributed by atoms with Crippen LogP contribution in [0.1, 0.15) is 12.0 Å². The average molecular weight is 271 g/mol. The van der Waals surface area contributed by atoms with Gasteiger partial charge in [-0.15, -0.1) is 0 Å². The van der Waals surface area contributed by atoms with E-state index >= 15 is 0 Å². The Labute approximate surface area is 113 Å². The van der Waals surface area contributed by atoms with Crippen molar-refractivity contribution >= 4 is 11.6 Å². The lowest BCUT2D eigenvalue weighted by molar-refractivity contribution is -0.0432. The molecule has 4 nitrogen and oxygen atoms in total. The van der Waals surface area contributed by atoms with Crippen molar-refractivity contribution in [3.05, 3.63) is 29.0 Å². The summed E-state index contributed by atoms with van der Waals surface area (Å²) in [6.45, 7) is 4.25. The standard InChI is InChI=1S/C13H19ClN2O2/c1-17-6-3-12-10-16(5-7-18-12)9-11-2-4-15-8-13(11)14/h2,4,8,12H,3,5-7,9-10H2,1H3/t12-/m0/s1. The Morgan fingerprint density at radius 2 is 2.50 bits per heavy atom. The Morgan fingerprint density at radius 3 is 3.28 bits per heavy atom. The highest BCUT2D eigenvalue weighted by molar-refractivity contribution is 6.31. The zero-order chi connectivity index (χ0) is 12.8. The van der Waals surface area contributed by atoms with Crippen molar-refractivity contribution in [2.24, 2.45) is 0 Å². The van der Waals surface area contributed by atoms with E-state index in [1.165, 1.54) is 0 Å². The third-order valence-corrected chi connectivity index (χ3v) is 3.46. The van der Waals surface area contributed by atoms with Gasteiger partial charge in [-0.1, -0.05) is 11.6 Å². The SMILES string of the molecule is COCC[C@H]1CN(Cc2ccncc2Cl)CCO1. The van der Waals surface area contributed by atoms with Gasteiger partial charge in [0.15, 0.2) is 0 Å². The number of methoxy groups -OCH3 is 1. The zero-order valence-corrected chi connectivity index (χ0v) is 11.4. The Kier molecular flexibility index (Phi) is 5.38. The summed E-state index contributed by atoms with van der Waals surface area (Å²) in [6.07, 6.45) is 4.68. The first-order valence-electron chi connectivity index (χ1n) is 6.21. The second-order valence-electron chi connectivity index (χ2n) is 4.48. The Hall–Kier alpha value is -0.680. The molecule has 0 spiro atoms. The third-order valence-electron chi connectivity index (χ3n) is 3.12. The van der Waals surface area contributed by atoms with Crippen LogP contribution in [-0.2, 0) is 16.0 Å². The van der Waals surface area contributed by atoms with Gasteiger partial charge >= 0.3 is 0 Å². The molecule has 18 heavy (non-hydrogen) atoms. The number of rotatable bonds is 5. The maximum absolute atomic E-state index is 6.12. The number of hydrogen-bond acceptors (Lipinski definition) is 4. The fraction of sp³-hybridized carbons (Fsp3) is 0.615. The number of ether oxygens (including phenoxy) is 2. The lowest BCUT2D eigenvalue weighted by Crippen LogP contribution is -2.42. The molecule has 2 heterocycles. The first-order valence-corrected chi connectivity index (χ1v) is 6.58. The number of halogens is 1. The second-order valence-corrected chi connectivity index (χ2v) is 4.88. The van der Waals surface area contributed by atoms with Crippen molar-refractivity contribution < 1.29 is 9.47 Å². The lowest BCUT2D eigenvalue weighted by Gasteiger charge is -2.33. The van der Waals surface area contributed by atoms with Gasteiger partial charge in [-0.05, 0) is 18.1 Å². The first kappa shape index (κ1) is 13.7. The van der Waals surface area contributed by atoms with Gasteiger partial charge in [0, 0.05) is 45.7 Å². The predicted molar refractivity (Wildman–Crippen MR) is 70.8 cm³/mol. The van der Waals surface area contributed by atoms with Crippen LogP contribution >= 0.6 is 11.6 Å². The molecular formula is C13H19ClN2O2. The molecule has 0 N–H and O–H groups in total. The van der Waals surface area contributed by atoms with Crippen LogP contribution in [0.15, 0.2) is 18.5 Å². The molecular weight excluding hydrogens is 252 g/mol. The number of nitrogens with zero attached hydrogens (tertiary/aromatic N) is 2. The molecule has 1 aliphatic rings. The van der Waals surface area contributed by atoms with Gasteiger partial charge in [0.2, 0.25) is 0 Å². The van der Waals surface area contributed by atoms with E-state index in [4.69, 9.17) is 21.1 Å². The van der Waals surface area contributed by atoms with Crippen molar-refractivity contribution in [1.29, 1.82) is 0 Å². The van der Waals surface area contributed by atoms with E-state index in [2.05, 4.69) is 9.88 Å². The first-order chi connectivity index (χ1) is 8.79. The summed E-state index contributed by atoms with van der Waals surface area (Å²) in [5, 5.41) is 0.734. The van der Waals surface area contributed by atoms with E-state index in [1.807, 2.05) is 6.07 Å². The van der Waals surface area contributed by atoms with Crippen LogP contribution in [0.5, 0.6) is 0 Å². The maximum atomic E-state index is 6.12. The van der Waals surface area contributed by atoms with Crippen LogP contribution in [0.25, 0.3) is 0 Å². The van der Waals surface area contributed by atoms with E-state index in [-0.39, 0.29) is 6.10 Å². The molecule has 1 aliphatic heterocycles. The van der Waals surface area contributed by atoms with Gasteiger partial charge < -0.3 is 9.47 Å². The van der Waals surface area contributed by atoms with Gasteiger partial charge in [0.1, 0.15) is 0 Å². The van der Waals surface area contributed by atoms with Gasteiger partial charge in [-0.25, -0.2) is 0 Å². The molecule has 0 aromatic carbocycles. The van der Waals surface area contributed by atoms with E-state index in [1.54, 1.807) is 19.5 Å². The van der Waals surface area contributed by atoms with Crippen molar-refractivity contribution in [2.45, 2.75) is 19.1 Å². The van der Waals surface area contributed by atoms with Crippen molar-refractivity contribution in [2.75, 3.05) is 33.4 Å². The van der Waals surface area contributed by atoms with Crippen LogP contribution in [0.4, 0.5) is 0 Å². The molecule has 2 rings (SSSR count). The monoisotopic (exact) mass is 270 g/mol. The predicted octanol–water partition coefficient (Wildman–Crippen LogP) is 1.97. The summed E-state index contributed by atoms with van der Waals surface area (Å²) in [5.41, 5.74) is 1.12. The summed E-state index contributed by atoms with van der Waals surface area (Å²) >= 11 is 6.12. The number of pyridine rings is 1. The fourth-order valence-electron chi connectivity index (χ4n) is 2.12. The minimum atomic E-state index is 0.263. The second kappa shape index (κ2) is 7.04. The zero-order valence-electron chi connectivity index (χ0n) is 10.6. The molecule has 0 saturated carbocycles. The highest BCUT2D eigenvalue weighted by Gasteiger charge is 2.20. The van der Waals surface area contributed by atoms with Crippen LogP contribution < -0.4 is 0 Å². The van der Waals surface area contributed by atoms with E-state index < -0.39 is 0 Å². The minimum Gasteiger partial charge on any atom is -0.385 e. The van der Waals surface area contributed by atoms with Gasteiger partial charge in [-0.3, -0.25) is 9.88 Å². The molecule has 1 saturated heterocycles. The molecule has 1 fully saturated rings. The normalized spacial score (nSPS) is 21.1. The highest BCUT2D eigenvalue weighted by atomic mass is 35.5. The van der Waals surface area contributed by atoms with E-state index in [0.29, 0.717) is 0 Å². The van der Waals surface area contributed by atoms with Crippen LogP contribution in [0, 0.1) is 0 Å². The highest BCUT2D eigenvalue weighted by Crippen LogP contribution is 2.18. The Balaban J connectivity index is 1.87. The summed E-state index contributed by atoms with van der Waals surface area (Å²) in [5.74, 6) is 0. The lowest BCUT2D eigenvalue weighted by atomic mass is 10.2. The largest absolute Gasteiger partial charge is 0.385 e. The van der Waals surface area contributed by atoms with E-state index in [9.17, 15) is 0 Å². The molecule has 5 heteroatoms. The molecule has 0 amide bonds. The fourth-order valence-corrected chi connectivity index (χ4v) is 2.30. The van der Waals surface area contributed by atoms with Gasteiger partial charge in [-0.2, -0.15) is 0 Å². The summed E-state index contributed by atoms with van der Waals surface area (Å²) in [7, 11) is 1.72. The van der Waals surface area contributed by atoms with Gasteiger partial charge in [0.25, 0.3) is 0 Å². The molecule has 1 aromatic heterocycles. The number of hydrogen-bond donors (Lipinski definition) is 0. The molecule has 0 radical (unpaired) electrons. The van der Waals surface area contributed by atoms with Gasteiger partial charge in [0.05, 0.1) is 17.7 Å². The number of aromatic nitrogens is 1. The summed E-state index contributed by atoms with van der Waals surface area (Å²) in [6, 6.07) is 1.97. The summed E-state index contributed by atoms with van der Waals surface area (Å²) in [4.78, 5) is 6.37. The molecule has 0 aliphatic carbocycles. The van der Waals surface area contributed by atoms with Crippen molar-refractivity contribution in [3.63, 3.8) is 0 Å². The van der Waals surface area contributed by atoms with Crippen LogP contribution in [0.3, 0.4) is 0 Å². The number of morpholine rings is 1. The maximum Gasteiger partial charge on any atom is 0.0724 e.